The van der Waals surface area contributed by atoms with Crippen molar-refractivity contribution in [3.05, 3.63) is 52.7 Å². The molecule has 10 heteroatoms. The van der Waals surface area contributed by atoms with E-state index in [1.165, 1.54) is 24.3 Å². The second-order valence-electron chi connectivity index (χ2n) is 7.15. The Morgan fingerprint density at radius 3 is 2.32 bits per heavy atom. The number of aliphatic hydroxyl groups is 4. The molecule has 1 aliphatic heterocycles. The molecule has 1 saturated heterocycles. The van der Waals surface area contributed by atoms with Crippen LogP contribution in [-0.4, -0.2) is 68.0 Å². The van der Waals surface area contributed by atoms with Crippen LogP contribution in [0.2, 0.25) is 0 Å². The fourth-order valence-electron chi connectivity index (χ4n) is 3.38. The molecule has 31 heavy (non-hydrogen) atoms. The normalized spacial score (nSPS) is 26.1. The molecule has 10 nitrogen and oxygen atoms in total. The van der Waals surface area contributed by atoms with E-state index in [0.717, 1.165) is 6.07 Å². The average molecular weight is 432 g/mol. The van der Waals surface area contributed by atoms with E-state index in [2.05, 4.69) is 0 Å². The third-order valence-electron chi connectivity index (χ3n) is 5.04. The number of aromatic hydroxyl groups is 2. The van der Waals surface area contributed by atoms with Crippen molar-refractivity contribution >= 4 is 11.0 Å². The fraction of sp³-hybridized carbons (Fsp3) is 0.286. The summed E-state index contributed by atoms with van der Waals surface area (Å²) in [6.07, 6.45) is -7.47. The average Bonchev–Trinajstić information content (AvgIpc) is 2.74. The molecule has 6 N–H and O–H groups in total. The summed E-state index contributed by atoms with van der Waals surface area (Å²) < 4.78 is 16.5. The van der Waals surface area contributed by atoms with Gasteiger partial charge in [-0.05, 0) is 24.3 Å². The lowest BCUT2D eigenvalue weighted by molar-refractivity contribution is -0.277. The maximum Gasteiger partial charge on any atom is 0.229 e. The molecule has 0 amide bonds. The summed E-state index contributed by atoms with van der Waals surface area (Å²) in [6.45, 7) is -0.626. The number of phenolic OH excluding ortho intramolecular Hbond substituents is 2. The van der Waals surface area contributed by atoms with Crippen molar-refractivity contribution in [3.63, 3.8) is 0 Å². The van der Waals surface area contributed by atoms with Crippen molar-refractivity contribution in [2.75, 3.05) is 6.61 Å². The maximum atomic E-state index is 12.5. The molecule has 1 aliphatic rings. The van der Waals surface area contributed by atoms with Gasteiger partial charge in [0.1, 0.15) is 58.4 Å². The van der Waals surface area contributed by atoms with E-state index in [1.54, 1.807) is 12.1 Å². The highest BCUT2D eigenvalue weighted by molar-refractivity contribution is 5.86. The molecule has 1 aromatic heterocycles. The van der Waals surface area contributed by atoms with Gasteiger partial charge in [-0.15, -0.1) is 0 Å². The Morgan fingerprint density at radius 1 is 0.935 bits per heavy atom. The summed E-state index contributed by atoms with van der Waals surface area (Å²) >= 11 is 0. The predicted octanol–water partition coefficient (Wildman–Crippen LogP) is 0.0499. The largest absolute Gasteiger partial charge is 0.508 e. The first kappa shape index (κ1) is 21.1. The molecule has 0 saturated carbocycles. The molecule has 1 fully saturated rings. The minimum absolute atomic E-state index is 0.0184. The van der Waals surface area contributed by atoms with Crippen LogP contribution < -0.4 is 10.2 Å². The monoisotopic (exact) mass is 432 g/mol. The molecule has 2 heterocycles. The molecule has 2 aromatic carbocycles. The lowest BCUT2D eigenvalue weighted by atomic mass is 9.99. The SMILES string of the molecule is O=c1cc(-c2ccc(O)cc2)oc2cc(O[C@@H]3O[C@H](CO)[C@@H](O)[C@H](O)[C@H]3O)cc(O)c12. The summed E-state index contributed by atoms with van der Waals surface area (Å²) in [4.78, 5) is 12.5. The van der Waals surface area contributed by atoms with E-state index in [9.17, 15) is 35.4 Å². The van der Waals surface area contributed by atoms with Gasteiger partial charge in [-0.2, -0.15) is 0 Å². The molecule has 0 radical (unpaired) electrons. The number of rotatable bonds is 4. The Morgan fingerprint density at radius 2 is 1.65 bits per heavy atom. The molecule has 3 aromatic rings. The zero-order chi connectivity index (χ0) is 22.3. The summed E-state index contributed by atoms with van der Waals surface area (Å²) in [5.41, 5.74) is -0.0204. The van der Waals surface area contributed by atoms with Gasteiger partial charge >= 0.3 is 0 Å². The van der Waals surface area contributed by atoms with Crippen molar-refractivity contribution in [3.8, 4) is 28.6 Å². The Hall–Kier alpha value is -3.15. The molecule has 0 aliphatic carbocycles. The van der Waals surface area contributed by atoms with Crippen LogP contribution in [-0.2, 0) is 4.74 Å². The predicted molar refractivity (Wildman–Crippen MR) is 106 cm³/mol. The lowest BCUT2D eigenvalue weighted by Gasteiger charge is -2.39. The molecule has 0 spiro atoms. The van der Waals surface area contributed by atoms with Gasteiger partial charge in [0.15, 0.2) is 5.43 Å². The number of benzene rings is 2. The van der Waals surface area contributed by atoms with Crippen LogP contribution in [0.4, 0.5) is 0 Å². The van der Waals surface area contributed by atoms with Gasteiger partial charge in [-0.3, -0.25) is 4.79 Å². The Kier molecular flexibility index (Phi) is 5.56. The third kappa shape index (κ3) is 3.94. The third-order valence-corrected chi connectivity index (χ3v) is 5.04. The molecule has 164 valence electrons. The Labute approximate surface area is 174 Å². The fourth-order valence-corrected chi connectivity index (χ4v) is 3.38. The highest BCUT2D eigenvalue weighted by atomic mass is 16.7. The standard InChI is InChI=1S/C21H20O10/c22-8-16-18(26)19(27)20(28)21(31-16)29-11-5-12(24)17-13(25)7-14(30-15(17)6-11)9-1-3-10(23)4-2-9/h1-7,16,18-24,26-28H,8H2/t16-,18-,19+,20-,21-/m1/s1. The van der Waals surface area contributed by atoms with Gasteiger partial charge in [0, 0.05) is 23.8 Å². The summed E-state index contributed by atoms with van der Waals surface area (Å²) in [5.74, 6) is -0.273. The summed E-state index contributed by atoms with van der Waals surface area (Å²) in [6, 6.07) is 9.56. The number of phenols is 2. The molecular weight excluding hydrogens is 412 g/mol. The van der Waals surface area contributed by atoms with Gasteiger partial charge in [-0.1, -0.05) is 0 Å². The van der Waals surface area contributed by atoms with Crippen LogP contribution >= 0.6 is 0 Å². The van der Waals surface area contributed by atoms with Gasteiger partial charge in [0.2, 0.25) is 6.29 Å². The maximum absolute atomic E-state index is 12.5. The van der Waals surface area contributed by atoms with Crippen LogP contribution in [0.15, 0.2) is 51.7 Å². The minimum Gasteiger partial charge on any atom is -0.508 e. The number of hydrogen-bond acceptors (Lipinski definition) is 10. The van der Waals surface area contributed by atoms with E-state index in [-0.39, 0.29) is 28.2 Å². The number of ether oxygens (including phenoxy) is 2. The van der Waals surface area contributed by atoms with Crippen LogP contribution in [0.3, 0.4) is 0 Å². The molecule has 4 rings (SSSR count). The summed E-state index contributed by atoms with van der Waals surface area (Å²) in [5, 5.41) is 58.8. The molecule has 0 bridgehead atoms. The van der Waals surface area contributed by atoms with Crippen molar-refractivity contribution in [2.45, 2.75) is 30.7 Å². The van der Waals surface area contributed by atoms with Crippen LogP contribution in [0.1, 0.15) is 0 Å². The zero-order valence-electron chi connectivity index (χ0n) is 16.0. The topological polar surface area (TPSA) is 170 Å². The molecule has 0 unspecified atom stereocenters. The van der Waals surface area contributed by atoms with Crippen molar-refractivity contribution in [1.29, 1.82) is 0 Å². The first-order chi connectivity index (χ1) is 14.8. The second-order valence-corrected chi connectivity index (χ2v) is 7.15. The lowest BCUT2D eigenvalue weighted by Crippen LogP contribution is -2.60. The van der Waals surface area contributed by atoms with Crippen molar-refractivity contribution in [1.82, 2.24) is 0 Å². The van der Waals surface area contributed by atoms with Crippen LogP contribution in [0.5, 0.6) is 17.2 Å². The number of hydrogen-bond donors (Lipinski definition) is 6. The number of fused-ring (bicyclic) bond motifs is 1. The van der Waals surface area contributed by atoms with Gasteiger partial charge in [0.25, 0.3) is 0 Å². The van der Waals surface area contributed by atoms with E-state index >= 15 is 0 Å². The highest BCUT2D eigenvalue weighted by Crippen LogP contribution is 2.33. The minimum atomic E-state index is -1.65. The zero-order valence-corrected chi connectivity index (χ0v) is 16.0. The first-order valence-electron chi connectivity index (χ1n) is 9.36. The van der Waals surface area contributed by atoms with Gasteiger partial charge < -0.3 is 44.5 Å². The Balaban J connectivity index is 1.71. The van der Waals surface area contributed by atoms with E-state index in [4.69, 9.17) is 13.9 Å². The second kappa shape index (κ2) is 8.17. The first-order valence-corrected chi connectivity index (χ1v) is 9.36. The van der Waals surface area contributed by atoms with E-state index in [0.29, 0.717) is 5.56 Å². The molecular formula is C21H20O10. The van der Waals surface area contributed by atoms with Gasteiger partial charge in [-0.25, -0.2) is 0 Å². The quantitative estimate of drug-likeness (QED) is 0.331. The molecule has 5 atom stereocenters. The van der Waals surface area contributed by atoms with E-state index < -0.39 is 48.5 Å². The van der Waals surface area contributed by atoms with Crippen molar-refractivity contribution in [2.24, 2.45) is 0 Å². The highest BCUT2D eigenvalue weighted by Gasteiger charge is 2.44. The number of aliphatic hydroxyl groups excluding tert-OH is 4. The van der Waals surface area contributed by atoms with Crippen LogP contribution in [0, 0.1) is 0 Å². The van der Waals surface area contributed by atoms with Crippen molar-refractivity contribution < 1.29 is 44.5 Å². The van der Waals surface area contributed by atoms with Gasteiger partial charge in [0.05, 0.1) is 6.61 Å². The summed E-state index contributed by atoms with van der Waals surface area (Å²) in [7, 11) is 0. The smallest absolute Gasteiger partial charge is 0.229 e. The van der Waals surface area contributed by atoms with Crippen LogP contribution in [0.25, 0.3) is 22.3 Å². The Bertz CT molecular complexity index is 1140. The van der Waals surface area contributed by atoms with E-state index in [1.807, 2.05) is 0 Å².